The molecule has 1 atom stereocenters. The topological polar surface area (TPSA) is 56.8 Å². The van der Waals surface area contributed by atoms with Crippen molar-refractivity contribution >= 4 is 48.8 Å². The maximum atomic E-state index is 13.0. The van der Waals surface area contributed by atoms with Crippen molar-refractivity contribution < 1.29 is 13.9 Å². The van der Waals surface area contributed by atoms with Crippen molar-refractivity contribution in [3.05, 3.63) is 30.1 Å². The van der Waals surface area contributed by atoms with Crippen LogP contribution in [-0.2, 0) is 9.53 Å². The Bertz CT molecular complexity index is 539. The van der Waals surface area contributed by atoms with Gasteiger partial charge in [0.05, 0.1) is 13.2 Å². The number of hydrogen-bond donors (Lipinski definition) is 2. The number of anilines is 1. The van der Waals surface area contributed by atoms with E-state index in [-0.39, 0.29) is 55.0 Å². The van der Waals surface area contributed by atoms with E-state index in [1.165, 1.54) is 12.1 Å². The molecule has 2 heterocycles. The fourth-order valence-electron chi connectivity index (χ4n) is 3.08. The molecule has 1 aromatic carbocycles. The summed E-state index contributed by atoms with van der Waals surface area (Å²) in [6.45, 7) is 7.04. The molecule has 2 aliphatic heterocycles. The fourth-order valence-corrected chi connectivity index (χ4v) is 3.08. The number of amides is 1. The van der Waals surface area contributed by atoms with Gasteiger partial charge in [-0.1, -0.05) is 0 Å². The number of benzene rings is 1. The van der Waals surface area contributed by atoms with Gasteiger partial charge >= 0.3 is 0 Å². The van der Waals surface area contributed by atoms with Crippen LogP contribution in [0.4, 0.5) is 10.1 Å². The summed E-state index contributed by atoms with van der Waals surface area (Å²) in [5.74, 6) is -0.189. The van der Waals surface area contributed by atoms with Crippen molar-refractivity contribution in [3.63, 3.8) is 0 Å². The lowest BCUT2D eigenvalue weighted by Crippen LogP contribution is -2.53. The molecule has 3 rings (SSSR count). The maximum Gasteiger partial charge on any atom is 0.239 e. The molecule has 6 nitrogen and oxygen atoms in total. The molecular formula is C17H28Cl3FN4O2. The number of carbonyl (C=O) groups excluding carboxylic acids is 1. The zero-order chi connectivity index (χ0) is 16.8. The van der Waals surface area contributed by atoms with Crippen molar-refractivity contribution in [3.8, 4) is 0 Å². The highest BCUT2D eigenvalue weighted by molar-refractivity contribution is 5.86. The van der Waals surface area contributed by atoms with Gasteiger partial charge in [0.15, 0.2) is 0 Å². The zero-order valence-corrected chi connectivity index (χ0v) is 17.5. The molecule has 2 aliphatic rings. The van der Waals surface area contributed by atoms with Crippen LogP contribution in [0.25, 0.3) is 0 Å². The zero-order valence-electron chi connectivity index (χ0n) is 15.1. The highest BCUT2D eigenvalue weighted by Crippen LogP contribution is 2.16. The van der Waals surface area contributed by atoms with Gasteiger partial charge in [-0.2, -0.15) is 0 Å². The second-order valence-electron chi connectivity index (χ2n) is 6.18. The summed E-state index contributed by atoms with van der Waals surface area (Å²) in [5.41, 5.74) is 1.06. The van der Waals surface area contributed by atoms with Crippen LogP contribution >= 0.6 is 37.2 Å². The van der Waals surface area contributed by atoms with Crippen molar-refractivity contribution in [1.82, 2.24) is 15.5 Å². The number of nitrogens with one attached hydrogen (secondary N) is 2. The largest absolute Gasteiger partial charge is 0.378 e. The Morgan fingerprint density at radius 2 is 1.81 bits per heavy atom. The molecule has 0 bridgehead atoms. The number of morpholine rings is 1. The Hall–Kier alpha value is -0.830. The molecule has 0 aliphatic carbocycles. The van der Waals surface area contributed by atoms with E-state index < -0.39 is 0 Å². The number of hydrogen-bond acceptors (Lipinski definition) is 5. The van der Waals surface area contributed by atoms with Crippen LogP contribution in [-0.4, -0.2) is 75.9 Å². The third kappa shape index (κ3) is 7.97. The molecular weight excluding hydrogens is 418 g/mol. The van der Waals surface area contributed by atoms with E-state index >= 15 is 0 Å². The fraction of sp³-hybridized carbons (Fsp3) is 0.588. The van der Waals surface area contributed by atoms with E-state index in [2.05, 4.69) is 20.4 Å². The first-order chi connectivity index (χ1) is 11.7. The van der Waals surface area contributed by atoms with Gasteiger partial charge in [0.2, 0.25) is 5.91 Å². The van der Waals surface area contributed by atoms with Crippen LogP contribution in [0.15, 0.2) is 24.3 Å². The second-order valence-corrected chi connectivity index (χ2v) is 6.18. The predicted molar refractivity (Wildman–Crippen MR) is 112 cm³/mol. The Balaban J connectivity index is 0.00000225. The molecule has 10 heteroatoms. The average molecular weight is 446 g/mol. The quantitative estimate of drug-likeness (QED) is 0.716. The van der Waals surface area contributed by atoms with E-state index in [0.29, 0.717) is 19.8 Å². The van der Waals surface area contributed by atoms with Crippen molar-refractivity contribution in [2.45, 2.75) is 6.04 Å². The lowest BCUT2D eigenvalue weighted by atomic mass is 10.2. The van der Waals surface area contributed by atoms with Crippen LogP contribution in [0, 0.1) is 5.82 Å². The van der Waals surface area contributed by atoms with Gasteiger partial charge in [0.1, 0.15) is 11.9 Å². The van der Waals surface area contributed by atoms with E-state index in [0.717, 1.165) is 45.0 Å². The Labute approximate surface area is 178 Å². The molecule has 0 aromatic heterocycles. The molecule has 2 saturated heterocycles. The standard InChI is InChI=1S/C17H25FN4O2.3ClH/c18-14-1-3-15(4-2-14)22-10-8-21(9-11-22)7-5-20-17(23)16-13-24-12-6-19-16;;;/h1-4,16,19H,5-13H2,(H,20,23);3*1H. The first-order valence-corrected chi connectivity index (χ1v) is 8.54. The van der Waals surface area contributed by atoms with Crippen molar-refractivity contribution in [2.75, 3.05) is 63.9 Å². The minimum absolute atomic E-state index is 0. The Kier molecular flexibility index (Phi) is 13.0. The number of rotatable bonds is 5. The van der Waals surface area contributed by atoms with E-state index in [9.17, 15) is 9.18 Å². The molecule has 2 fully saturated rings. The van der Waals surface area contributed by atoms with Gasteiger partial charge in [-0.05, 0) is 24.3 Å². The number of halogens is 4. The van der Waals surface area contributed by atoms with Gasteiger partial charge in [-0.15, -0.1) is 37.2 Å². The van der Waals surface area contributed by atoms with Gasteiger partial charge in [-0.25, -0.2) is 4.39 Å². The molecule has 27 heavy (non-hydrogen) atoms. The molecule has 1 amide bonds. The molecule has 0 saturated carbocycles. The van der Waals surface area contributed by atoms with Crippen LogP contribution in [0.2, 0.25) is 0 Å². The predicted octanol–water partition coefficient (Wildman–Crippen LogP) is 1.32. The summed E-state index contributed by atoms with van der Waals surface area (Å²) in [4.78, 5) is 16.6. The maximum absolute atomic E-state index is 13.0. The van der Waals surface area contributed by atoms with Gasteiger partial charge in [0.25, 0.3) is 0 Å². The molecule has 1 unspecified atom stereocenters. The number of ether oxygens (including phenoxy) is 1. The van der Waals surface area contributed by atoms with Crippen LogP contribution in [0.1, 0.15) is 0 Å². The number of carbonyl (C=O) groups is 1. The molecule has 0 radical (unpaired) electrons. The first-order valence-electron chi connectivity index (χ1n) is 8.54. The number of nitrogens with zero attached hydrogens (tertiary/aromatic N) is 2. The van der Waals surface area contributed by atoms with Crippen LogP contribution in [0.3, 0.4) is 0 Å². The average Bonchev–Trinajstić information content (AvgIpc) is 2.64. The monoisotopic (exact) mass is 444 g/mol. The molecule has 156 valence electrons. The smallest absolute Gasteiger partial charge is 0.239 e. The molecule has 1 aromatic rings. The van der Waals surface area contributed by atoms with E-state index in [1.807, 2.05) is 12.1 Å². The third-order valence-electron chi connectivity index (χ3n) is 4.53. The highest BCUT2D eigenvalue weighted by Gasteiger charge is 2.21. The minimum Gasteiger partial charge on any atom is -0.378 e. The summed E-state index contributed by atoms with van der Waals surface area (Å²) in [6, 6.07) is 6.42. The van der Waals surface area contributed by atoms with E-state index in [1.54, 1.807) is 0 Å². The first kappa shape index (κ1) is 26.2. The minimum atomic E-state index is -0.228. The summed E-state index contributed by atoms with van der Waals surface area (Å²) in [7, 11) is 0. The van der Waals surface area contributed by atoms with Gasteiger partial charge in [0, 0.05) is 51.5 Å². The Morgan fingerprint density at radius 3 is 2.41 bits per heavy atom. The third-order valence-corrected chi connectivity index (χ3v) is 4.53. The lowest BCUT2D eigenvalue weighted by molar-refractivity contribution is -0.125. The summed E-state index contributed by atoms with van der Waals surface area (Å²) in [5, 5.41) is 6.12. The van der Waals surface area contributed by atoms with Crippen LogP contribution < -0.4 is 15.5 Å². The number of piperazine rings is 1. The highest BCUT2D eigenvalue weighted by atomic mass is 35.5. The summed E-state index contributed by atoms with van der Waals surface area (Å²) >= 11 is 0. The SMILES string of the molecule is Cl.Cl.Cl.O=C(NCCN1CCN(c2ccc(F)cc2)CC1)C1COCCN1. The van der Waals surface area contributed by atoms with Gasteiger partial charge < -0.3 is 20.3 Å². The normalized spacial score (nSPS) is 19.9. The van der Waals surface area contributed by atoms with Crippen molar-refractivity contribution in [2.24, 2.45) is 0 Å². The summed E-state index contributed by atoms with van der Waals surface area (Å²) in [6.07, 6.45) is 0. The summed E-state index contributed by atoms with van der Waals surface area (Å²) < 4.78 is 18.3. The van der Waals surface area contributed by atoms with E-state index in [4.69, 9.17) is 4.74 Å². The molecule has 0 spiro atoms. The Morgan fingerprint density at radius 1 is 1.15 bits per heavy atom. The van der Waals surface area contributed by atoms with Gasteiger partial charge in [-0.3, -0.25) is 9.69 Å². The molecule has 2 N–H and O–H groups in total. The second kappa shape index (κ2) is 13.4. The van der Waals surface area contributed by atoms with Crippen molar-refractivity contribution in [1.29, 1.82) is 0 Å². The van der Waals surface area contributed by atoms with Crippen LogP contribution in [0.5, 0.6) is 0 Å². The lowest BCUT2D eigenvalue weighted by Gasteiger charge is -2.36.